The first-order valence-electron chi connectivity index (χ1n) is 7.30. The fourth-order valence-corrected chi connectivity index (χ4v) is 1.98. The molecule has 3 nitrogen and oxygen atoms in total. The van der Waals surface area contributed by atoms with Gasteiger partial charge in [0.15, 0.2) is 0 Å². The van der Waals surface area contributed by atoms with Crippen LogP contribution in [-0.4, -0.2) is 25.7 Å². The minimum atomic E-state index is 0.386. The lowest BCUT2D eigenvalue weighted by molar-refractivity contribution is 0.378. The van der Waals surface area contributed by atoms with Gasteiger partial charge in [-0.05, 0) is 57.2 Å². The van der Waals surface area contributed by atoms with E-state index in [0.717, 1.165) is 32.0 Å². The monoisotopic (exact) mass is 243 g/mol. The summed E-state index contributed by atoms with van der Waals surface area (Å²) in [7, 11) is 0. The smallest absolute Gasteiger partial charge is 0.00388 e. The van der Waals surface area contributed by atoms with Crippen LogP contribution in [-0.2, 0) is 0 Å². The van der Waals surface area contributed by atoms with E-state index >= 15 is 0 Å². The van der Waals surface area contributed by atoms with Crippen LogP contribution >= 0.6 is 0 Å². The van der Waals surface area contributed by atoms with Crippen molar-refractivity contribution >= 4 is 0 Å². The molecule has 0 amide bonds. The van der Waals surface area contributed by atoms with Crippen LogP contribution in [0.1, 0.15) is 52.9 Å². The van der Waals surface area contributed by atoms with Gasteiger partial charge < -0.3 is 16.8 Å². The van der Waals surface area contributed by atoms with Crippen LogP contribution in [0.3, 0.4) is 0 Å². The Morgan fingerprint density at radius 3 is 2.24 bits per heavy atom. The molecule has 17 heavy (non-hydrogen) atoms. The van der Waals surface area contributed by atoms with Crippen molar-refractivity contribution in [3.8, 4) is 0 Å². The first-order valence-corrected chi connectivity index (χ1v) is 7.30. The molecule has 0 aromatic rings. The van der Waals surface area contributed by atoms with Crippen molar-refractivity contribution in [2.45, 2.75) is 58.9 Å². The van der Waals surface area contributed by atoms with Crippen molar-refractivity contribution in [1.29, 1.82) is 0 Å². The Bertz CT molecular complexity index is 162. The maximum atomic E-state index is 6.00. The number of hydrogen-bond acceptors (Lipinski definition) is 3. The Kier molecular flexibility index (Phi) is 10.9. The largest absolute Gasteiger partial charge is 0.330 e. The molecule has 5 N–H and O–H groups in total. The molecule has 0 rings (SSSR count). The highest BCUT2D eigenvalue weighted by Gasteiger charge is 2.10. The van der Waals surface area contributed by atoms with Gasteiger partial charge in [-0.3, -0.25) is 0 Å². The summed E-state index contributed by atoms with van der Waals surface area (Å²) >= 11 is 0. The van der Waals surface area contributed by atoms with Gasteiger partial charge in [-0.25, -0.2) is 0 Å². The quantitative estimate of drug-likeness (QED) is 0.487. The molecule has 0 saturated carbocycles. The van der Waals surface area contributed by atoms with Crippen LogP contribution in [0.4, 0.5) is 0 Å². The predicted molar refractivity (Wildman–Crippen MR) is 77.0 cm³/mol. The summed E-state index contributed by atoms with van der Waals surface area (Å²) < 4.78 is 0. The molecule has 0 saturated heterocycles. The Labute approximate surface area is 108 Å². The van der Waals surface area contributed by atoms with E-state index < -0.39 is 0 Å². The molecule has 0 aliphatic carbocycles. The van der Waals surface area contributed by atoms with Crippen LogP contribution < -0.4 is 16.8 Å². The van der Waals surface area contributed by atoms with Gasteiger partial charge in [0.2, 0.25) is 0 Å². The Balaban J connectivity index is 3.49. The van der Waals surface area contributed by atoms with Gasteiger partial charge in [0.1, 0.15) is 0 Å². The average molecular weight is 243 g/mol. The molecule has 0 bridgehead atoms. The molecule has 0 heterocycles. The zero-order valence-electron chi connectivity index (χ0n) is 12.0. The van der Waals surface area contributed by atoms with Crippen LogP contribution in [0.25, 0.3) is 0 Å². The highest BCUT2D eigenvalue weighted by Crippen LogP contribution is 2.15. The first-order chi connectivity index (χ1) is 8.13. The average Bonchev–Trinajstić information content (AvgIpc) is 2.36. The zero-order chi connectivity index (χ0) is 13.1. The summed E-state index contributed by atoms with van der Waals surface area (Å²) in [6, 6.07) is 0.386. The highest BCUT2D eigenvalue weighted by molar-refractivity contribution is 4.67. The molecule has 3 atom stereocenters. The fourth-order valence-electron chi connectivity index (χ4n) is 1.98. The molecular weight excluding hydrogens is 210 g/mol. The summed E-state index contributed by atoms with van der Waals surface area (Å²) in [4.78, 5) is 0. The molecule has 0 aromatic heterocycles. The second kappa shape index (κ2) is 11.0. The fraction of sp³-hybridized carbons (Fsp3) is 1.00. The third-order valence-electron chi connectivity index (χ3n) is 3.68. The third kappa shape index (κ3) is 9.57. The van der Waals surface area contributed by atoms with Crippen molar-refractivity contribution in [2.24, 2.45) is 23.3 Å². The van der Waals surface area contributed by atoms with Crippen LogP contribution in [0.15, 0.2) is 0 Å². The molecule has 3 heteroatoms. The van der Waals surface area contributed by atoms with Gasteiger partial charge in [-0.15, -0.1) is 0 Å². The summed E-state index contributed by atoms with van der Waals surface area (Å²) in [5, 5.41) is 3.51. The van der Waals surface area contributed by atoms with Crippen molar-refractivity contribution in [3.05, 3.63) is 0 Å². The normalized spacial score (nSPS) is 16.8. The van der Waals surface area contributed by atoms with Gasteiger partial charge in [-0.2, -0.15) is 0 Å². The van der Waals surface area contributed by atoms with Crippen molar-refractivity contribution in [3.63, 3.8) is 0 Å². The first kappa shape index (κ1) is 16.9. The van der Waals surface area contributed by atoms with Gasteiger partial charge in [0.05, 0.1) is 0 Å². The maximum absolute atomic E-state index is 6.00. The van der Waals surface area contributed by atoms with E-state index in [1.54, 1.807) is 0 Å². The summed E-state index contributed by atoms with van der Waals surface area (Å²) in [5.41, 5.74) is 11.6. The van der Waals surface area contributed by atoms with E-state index in [1.807, 2.05) is 0 Å². The third-order valence-corrected chi connectivity index (χ3v) is 3.68. The number of nitrogens with two attached hydrogens (primary N) is 2. The van der Waals surface area contributed by atoms with Crippen LogP contribution in [0.5, 0.6) is 0 Å². The Morgan fingerprint density at radius 2 is 1.71 bits per heavy atom. The van der Waals surface area contributed by atoms with E-state index in [4.69, 9.17) is 11.5 Å². The molecule has 3 unspecified atom stereocenters. The van der Waals surface area contributed by atoms with Gasteiger partial charge in [0, 0.05) is 6.04 Å². The maximum Gasteiger partial charge on any atom is 0.00388 e. The minimum Gasteiger partial charge on any atom is -0.330 e. The van der Waals surface area contributed by atoms with Crippen molar-refractivity contribution in [2.75, 3.05) is 19.6 Å². The highest BCUT2D eigenvalue weighted by atomic mass is 14.8. The van der Waals surface area contributed by atoms with Crippen LogP contribution in [0, 0.1) is 11.8 Å². The van der Waals surface area contributed by atoms with E-state index in [0.29, 0.717) is 12.0 Å². The summed E-state index contributed by atoms with van der Waals surface area (Å²) in [6.45, 7) is 9.65. The molecule has 0 aliphatic rings. The number of nitrogens with one attached hydrogen (secondary N) is 1. The molecule has 0 aromatic carbocycles. The second-order valence-electron chi connectivity index (χ2n) is 5.35. The van der Waals surface area contributed by atoms with Crippen molar-refractivity contribution < 1.29 is 0 Å². The lowest BCUT2D eigenvalue weighted by Crippen LogP contribution is -2.26. The lowest BCUT2D eigenvalue weighted by Gasteiger charge is -2.19. The Morgan fingerprint density at radius 1 is 1.06 bits per heavy atom. The lowest BCUT2D eigenvalue weighted by atomic mass is 9.93. The van der Waals surface area contributed by atoms with Crippen LogP contribution in [0.2, 0.25) is 0 Å². The van der Waals surface area contributed by atoms with Gasteiger partial charge in [-0.1, -0.05) is 27.2 Å². The van der Waals surface area contributed by atoms with Gasteiger partial charge in [0.25, 0.3) is 0 Å². The van der Waals surface area contributed by atoms with Gasteiger partial charge >= 0.3 is 0 Å². The molecule has 0 fully saturated rings. The van der Waals surface area contributed by atoms with E-state index in [9.17, 15) is 0 Å². The summed E-state index contributed by atoms with van der Waals surface area (Å²) in [5.74, 6) is 1.42. The molecule has 0 aliphatic heterocycles. The van der Waals surface area contributed by atoms with E-state index in [2.05, 4.69) is 26.1 Å². The standard InChI is InChI=1S/C14H33N3/c1-4-13(10-14(16)5-2)7-9-17-8-6-12(3)11-15/h12-14,17H,4-11,15-16H2,1-3H3. The molecular formula is C14H33N3. The number of rotatable bonds is 11. The van der Waals surface area contributed by atoms with E-state index in [-0.39, 0.29) is 0 Å². The number of hydrogen-bond donors (Lipinski definition) is 3. The summed E-state index contributed by atoms with van der Waals surface area (Å²) in [6.07, 6.45) is 5.95. The topological polar surface area (TPSA) is 64.1 Å². The SMILES string of the molecule is CCC(N)CC(CC)CCNCCC(C)CN. The van der Waals surface area contributed by atoms with Crippen molar-refractivity contribution in [1.82, 2.24) is 5.32 Å². The zero-order valence-corrected chi connectivity index (χ0v) is 12.0. The molecule has 0 spiro atoms. The molecule has 104 valence electrons. The second-order valence-corrected chi connectivity index (χ2v) is 5.35. The Hall–Kier alpha value is -0.120. The predicted octanol–water partition coefficient (Wildman–Crippen LogP) is 2.10. The minimum absolute atomic E-state index is 0.386. The van der Waals surface area contributed by atoms with E-state index in [1.165, 1.54) is 25.7 Å². The molecule has 0 radical (unpaired) electrons.